The van der Waals surface area contributed by atoms with Gasteiger partial charge in [0.15, 0.2) is 0 Å². The molecule has 4 heteroatoms. The van der Waals surface area contributed by atoms with Crippen molar-refractivity contribution in [3.63, 3.8) is 0 Å². The summed E-state index contributed by atoms with van der Waals surface area (Å²) in [6, 6.07) is 6.48. The molecule has 0 aliphatic rings. The Hall–Kier alpha value is -1.86. The summed E-state index contributed by atoms with van der Waals surface area (Å²) in [5.74, 6) is 0. The summed E-state index contributed by atoms with van der Waals surface area (Å²) in [4.78, 5) is 4.52. The van der Waals surface area contributed by atoms with Crippen LogP contribution >= 0.6 is 0 Å². The van der Waals surface area contributed by atoms with Crippen molar-refractivity contribution >= 4 is 11.0 Å². The predicted molar refractivity (Wildman–Crippen MR) is 85.7 cm³/mol. The van der Waals surface area contributed by atoms with Crippen molar-refractivity contribution in [1.29, 1.82) is 5.26 Å². The normalized spacial score (nSPS) is 11.7. The van der Waals surface area contributed by atoms with E-state index in [0.29, 0.717) is 0 Å². The highest BCUT2D eigenvalue weighted by Gasteiger charge is 2.16. The van der Waals surface area contributed by atoms with Gasteiger partial charge in [-0.3, -0.25) is 0 Å². The van der Waals surface area contributed by atoms with E-state index in [1.807, 2.05) is 26.1 Å². The molecule has 0 aliphatic carbocycles. The molecule has 112 valence electrons. The summed E-state index contributed by atoms with van der Waals surface area (Å²) in [5.41, 5.74) is 2.09. The molecule has 2 aromatic rings. The maximum Gasteiger partial charge on any atom is 0.140 e. The van der Waals surface area contributed by atoms with Gasteiger partial charge in [-0.15, -0.1) is 0 Å². The van der Waals surface area contributed by atoms with Gasteiger partial charge in [0, 0.05) is 30.9 Å². The number of pyridine rings is 1. The number of nitrogens with zero attached hydrogens (tertiary/aromatic N) is 3. The molecule has 2 heterocycles. The van der Waals surface area contributed by atoms with Crippen molar-refractivity contribution in [3.8, 4) is 6.07 Å². The Morgan fingerprint density at radius 3 is 2.95 bits per heavy atom. The second-order valence-corrected chi connectivity index (χ2v) is 6.10. The van der Waals surface area contributed by atoms with Crippen LogP contribution in [0, 0.1) is 16.7 Å². The van der Waals surface area contributed by atoms with Crippen molar-refractivity contribution in [2.24, 2.45) is 5.41 Å². The van der Waals surface area contributed by atoms with Gasteiger partial charge >= 0.3 is 0 Å². The van der Waals surface area contributed by atoms with Crippen molar-refractivity contribution < 1.29 is 0 Å². The zero-order valence-electron chi connectivity index (χ0n) is 13.2. The van der Waals surface area contributed by atoms with E-state index in [-0.39, 0.29) is 5.41 Å². The highest BCUT2D eigenvalue weighted by atomic mass is 15.0. The molecule has 4 nitrogen and oxygen atoms in total. The van der Waals surface area contributed by atoms with Crippen LogP contribution in [0.4, 0.5) is 0 Å². The molecule has 0 amide bonds. The molecular formula is C17H24N4. The van der Waals surface area contributed by atoms with Crippen LogP contribution in [0.15, 0.2) is 24.5 Å². The average Bonchev–Trinajstić information content (AvgIpc) is 2.83. The second kappa shape index (κ2) is 6.73. The minimum Gasteiger partial charge on any atom is -0.332 e. The van der Waals surface area contributed by atoms with E-state index in [1.165, 1.54) is 10.9 Å². The van der Waals surface area contributed by atoms with Crippen molar-refractivity contribution in [2.75, 3.05) is 6.54 Å². The van der Waals surface area contributed by atoms with Gasteiger partial charge in [-0.05, 0) is 50.9 Å². The lowest BCUT2D eigenvalue weighted by Crippen LogP contribution is -2.11. The lowest BCUT2D eigenvalue weighted by atomic mass is 9.90. The lowest BCUT2D eigenvalue weighted by Gasteiger charge is -2.14. The van der Waals surface area contributed by atoms with Crippen molar-refractivity contribution in [2.45, 2.75) is 46.7 Å². The number of aryl methyl sites for hydroxylation is 1. The Kier molecular flexibility index (Phi) is 4.98. The fraction of sp³-hybridized carbons (Fsp3) is 0.529. The predicted octanol–water partition coefficient (Wildman–Crippen LogP) is 3.48. The molecule has 0 aliphatic heterocycles. The molecule has 0 radical (unpaired) electrons. The van der Waals surface area contributed by atoms with E-state index in [9.17, 15) is 0 Å². The van der Waals surface area contributed by atoms with Crippen molar-refractivity contribution in [1.82, 2.24) is 14.9 Å². The summed E-state index contributed by atoms with van der Waals surface area (Å²) in [5, 5.41) is 13.7. The quantitative estimate of drug-likeness (QED) is 0.847. The van der Waals surface area contributed by atoms with Crippen LogP contribution in [-0.2, 0) is 13.1 Å². The van der Waals surface area contributed by atoms with E-state index < -0.39 is 0 Å². The lowest BCUT2D eigenvalue weighted by molar-refractivity contribution is 0.417. The Morgan fingerprint density at radius 1 is 1.43 bits per heavy atom. The summed E-state index contributed by atoms with van der Waals surface area (Å²) >= 11 is 0. The van der Waals surface area contributed by atoms with Crippen LogP contribution in [-0.4, -0.2) is 16.1 Å². The van der Waals surface area contributed by atoms with Gasteiger partial charge in [0.25, 0.3) is 0 Å². The van der Waals surface area contributed by atoms with Crippen LogP contribution in [0.2, 0.25) is 0 Å². The summed E-state index contributed by atoms with van der Waals surface area (Å²) in [7, 11) is 0. The Bertz CT molecular complexity index is 634. The molecule has 0 bridgehead atoms. The van der Waals surface area contributed by atoms with Gasteiger partial charge in [-0.2, -0.15) is 5.26 Å². The van der Waals surface area contributed by atoms with Gasteiger partial charge in [-0.1, -0.05) is 6.92 Å². The highest BCUT2D eigenvalue weighted by molar-refractivity contribution is 5.80. The topological polar surface area (TPSA) is 53.6 Å². The minimum absolute atomic E-state index is 0.247. The molecule has 2 rings (SSSR count). The van der Waals surface area contributed by atoms with Gasteiger partial charge in [-0.25, -0.2) is 4.98 Å². The first-order valence-electron chi connectivity index (χ1n) is 7.62. The highest BCUT2D eigenvalue weighted by Crippen LogP contribution is 2.23. The first-order chi connectivity index (χ1) is 10.1. The maximum atomic E-state index is 9.09. The first-order valence-corrected chi connectivity index (χ1v) is 7.62. The summed E-state index contributed by atoms with van der Waals surface area (Å²) < 4.78 is 2.22. The standard InChI is InChI=1S/C17H24N4/c1-4-19-11-14-12-21(10-6-8-17(2,3)13-18)16-15(14)7-5-9-20-16/h5,7,9,12,19H,4,6,8,10-11H2,1-3H3. The zero-order valence-corrected chi connectivity index (χ0v) is 13.2. The molecule has 21 heavy (non-hydrogen) atoms. The van der Waals surface area contributed by atoms with E-state index in [1.54, 1.807) is 0 Å². The van der Waals surface area contributed by atoms with Crippen LogP contribution in [0.1, 0.15) is 39.2 Å². The molecule has 2 aromatic heterocycles. The molecule has 0 saturated carbocycles. The third-order valence-corrected chi connectivity index (χ3v) is 3.79. The van der Waals surface area contributed by atoms with Gasteiger partial charge in [0.05, 0.1) is 11.5 Å². The third-order valence-electron chi connectivity index (χ3n) is 3.79. The van der Waals surface area contributed by atoms with Crippen LogP contribution in [0.25, 0.3) is 11.0 Å². The fourth-order valence-electron chi connectivity index (χ4n) is 2.51. The number of nitriles is 1. The first kappa shape index (κ1) is 15.5. The zero-order chi connectivity index (χ0) is 15.3. The number of rotatable bonds is 7. The molecule has 0 unspecified atom stereocenters. The largest absolute Gasteiger partial charge is 0.332 e. The van der Waals surface area contributed by atoms with Gasteiger partial charge in [0.2, 0.25) is 0 Å². The molecule has 0 atom stereocenters. The number of hydrogen-bond acceptors (Lipinski definition) is 3. The fourth-order valence-corrected chi connectivity index (χ4v) is 2.51. The third kappa shape index (κ3) is 3.83. The van der Waals surface area contributed by atoms with E-state index in [0.717, 1.165) is 38.1 Å². The Labute approximate surface area is 126 Å². The maximum absolute atomic E-state index is 9.09. The van der Waals surface area contributed by atoms with Crippen LogP contribution in [0.5, 0.6) is 0 Å². The minimum atomic E-state index is -0.247. The molecule has 0 aromatic carbocycles. The van der Waals surface area contributed by atoms with Crippen LogP contribution < -0.4 is 5.32 Å². The van der Waals surface area contributed by atoms with Crippen LogP contribution in [0.3, 0.4) is 0 Å². The molecule has 1 N–H and O–H groups in total. The van der Waals surface area contributed by atoms with E-state index in [4.69, 9.17) is 5.26 Å². The SMILES string of the molecule is CCNCc1cn(CCCC(C)(C)C#N)c2ncccc12. The van der Waals surface area contributed by atoms with E-state index >= 15 is 0 Å². The van der Waals surface area contributed by atoms with E-state index in [2.05, 4.69) is 40.1 Å². The number of hydrogen-bond donors (Lipinski definition) is 1. The monoisotopic (exact) mass is 284 g/mol. The second-order valence-electron chi connectivity index (χ2n) is 6.10. The Balaban J connectivity index is 2.14. The molecule has 0 fully saturated rings. The number of aromatic nitrogens is 2. The van der Waals surface area contributed by atoms with Crippen molar-refractivity contribution in [3.05, 3.63) is 30.1 Å². The summed E-state index contributed by atoms with van der Waals surface area (Å²) in [6.07, 6.45) is 5.93. The molecular weight excluding hydrogens is 260 g/mol. The average molecular weight is 284 g/mol. The Morgan fingerprint density at radius 2 is 2.24 bits per heavy atom. The number of fused-ring (bicyclic) bond motifs is 1. The molecule has 0 spiro atoms. The summed E-state index contributed by atoms with van der Waals surface area (Å²) in [6.45, 7) is 8.84. The van der Waals surface area contributed by atoms with Gasteiger partial charge in [0.1, 0.15) is 5.65 Å². The van der Waals surface area contributed by atoms with Gasteiger partial charge < -0.3 is 9.88 Å². The number of nitrogens with one attached hydrogen (secondary N) is 1. The smallest absolute Gasteiger partial charge is 0.140 e. The molecule has 0 saturated heterocycles.